The maximum Gasteiger partial charge on any atom is 0.418 e. The van der Waals surface area contributed by atoms with E-state index in [-0.39, 0.29) is 28.6 Å². The molecule has 1 spiro atoms. The summed E-state index contributed by atoms with van der Waals surface area (Å²) in [4.78, 5) is 48.6. The van der Waals surface area contributed by atoms with Gasteiger partial charge in [-0.2, -0.15) is 13.2 Å². The summed E-state index contributed by atoms with van der Waals surface area (Å²) in [5.41, 5.74) is 0.331. The fraction of sp³-hybridized carbons (Fsp3) is 0.583. The van der Waals surface area contributed by atoms with Crippen LogP contribution in [0.2, 0.25) is 5.02 Å². The molecule has 50 heavy (non-hydrogen) atoms. The Morgan fingerprint density at radius 1 is 1.04 bits per heavy atom. The predicted molar refractivity (Wildman–Crippen MR) is 183 cm³/mol. The third-order valence-corrected chi connectivity index (χ3v) is 12.0. The van der Waals surface area contributed by atoms with Crippen LogP contribution >= 0.6 is 11.6 Å². The van der Waals surface area contributed by atoms with Gasteiger partial charge in [-0.3, -0.25) is 14.5 Å². The van der Waals surface area contributed by atoms with Gasteiger partial charge in [-0.05, 0) is 68.5 Å². The number of rotatable bonds is 6. The summed E-state index contributed by atoms with van der Waals surface area (Å²) >= 11 is 6.30. The van der Waals surface area contributed by atoms with Crippen molar-refractivity contribution in [2.24, 2.45) is 0 Å². The van der Waals surface area contributed by atoms with Gasteiger partial charge in [0, 0.05) is 88.4 Å². The minimum atomic E-state index is -4.70. The number of carbonyl (C=O) groups excluding carboxylic acids is 3. The largest absolute Gasteiger partial charge is 0.436 e. The molecule has 4 fully saturated rings. The second-order valence-electron chi connectivity index (χ2n) is 14.6. The summed E-state index contributed by atoms with van der Waals surface area (Å²) in [5, 5.41) is 5.32. The number of benzene rings is 2. The molecule has 5 aliphatic heterocycles. The summed E-state index contributed by atoms with van der Waals surface area (Å²) in [6.07, 6.45) is -2.90. The number of nitrogens with zero attached hydrogens (tertiary/aromatic N) is 4. The Morgan fingerprint density at radius 3 is 2.40 bits per heavy atom. The molecule has 0 aromatic heterocycles. The number of halogens is 4. The number of piperazine rings is 1. The zero-order valence-electron chi connectivity index (χ0n) is 28.4. The molecule has 270 valence electrons. The maximum atomic E-state index is 14.1. The van der Waals surface area contributed by atoms with Gasteiger partial charge in [0.2, 0.25) is 5.91 Å². The number of fused-ring (bicyclic) bond motifs is 4. The van der Waals surface area contributed by atoms with Crippen LogP contribution in [0.25, 0.3) is 0 Å². The summed E-state index contributed by atoms with van der Waals surface area (Å²) in [6, 6.07) is 11.5. The molecule has 10 nitrogen and oxygen atoms in total. The van der Waals surface area contributed by atoms with Crippen molar-refractivity contribution in [3.8, 4) is 0 Å². The van der Waals surface area contributed by atoms with Gasteiger partial charge in [0.1, 0.15) is 0 Å². The van der Waals surface area contributed by atoms with Crippen molar-refractivity contribution in [3.05, 3.63) is 58.1 Å². The molecule has 0 radical (unpaired) electrons. The molecule has 2 unspecified atom stereocenters. The van der Waals surface area contributed by atoms with Crippen molar-refractivity contribution in [2.45, 2.75) is 80.8 Å². The molecule has 5 aliphatic rings. The third kappa shape index (κ3) is 6.64. The molecule has 0 saturated carbocycles. The van der Waals surface area contributed by atoms with Crippen LogP contribution in [0.4, 0.5) is 29.3 Å². The van der Waals surface area contributed by atoms with Crippen molar-refractivity contribution in [1.29, 1.82) is 0 Å². The lowest BCUT2D eigenvalue weighted by Gasteiger charge is -2.44. The van der Waals surface area contributed by atoms with E-state index in [9.17, 15) is 27.6 Å². The Labute approximate surface area is 295 Å². The highest BCUT2D eigenvalue weighted by atomic mass is 35.5. The standard InChI is InChI=1S/C36H44ClF3N6O4/c1-41-32-27(36(38,39)40)15-22(16-28(32)37)17-30(33(48)44-11-7-23(8-12-44)46-21-24-18-25(46)20-43(24)2)50-34(49)45-13-9-35(10-14-45)19-31(47)42-29-6-4-3-5-26(29)35/h3-6,15-16,23-25,30,41H,7-14,17-21H2,1-2H3,(H,42,47)/t24?,25?,30-/m1/s1. The molecule has 7 rings (SSSR count). The number of hydrogen-bond acceptors (Lipinski definition) is 7. The summed E-state index contributed by atoms with van der Waals surface area (Å²) in [6.45, 7) is 3.64. The van der Waals surface area contributed by atoms with Crippen molar-refractivity contribution in [3.63, 3.8) is 0 Å². The van der Waals surface area contributed by atoms with E-state index in [0.717, 1.165) is 43.2 Å². The smallest absolute Gasteiger partial charge is 0.418 e. The number of anilines is 2. The second kappa shape index (κ2) is 13.5. The lowest BCUT2D eigenvalue weighted by molar-refractivity contribution is -0.142. The molecule has 2 bridgehead atoms. The highest BCUT2D eigenvalue weighted by molar-refractivity contribution is 6.33. The summed E-state index contributed by atoms with van der Waals surface area (Å²) < 4.78 is 48.1. The van der Waals surface area contributed by atoms with Crippen LogP contribution in [-0.4, -0.2) is 115 Å². The average Bonchev–Trinajstić information content (AvgIpc) is 3.67. The molecule has 0 aliphatic carbocycles. The maximum absolute atomic E-state index is 14.1. The normalized spacial score (nSPS) is 24.6. The molecule has 2 aromatic carbocycles. The fourth-order valence-corrected chi connectivity index (χ4v) is 9.36. The highest BCUT2D eigenvalue weighted by Gasteiger charge is 2.46. The first-order valence-electron chi connectivity index (χ1n) is 17.5. The Hall–Kier alpha value is -3.55. The molecular weight excluding hydrogens is 673 g/mol. The molecule has 14 heteroatoms. The van der Waals surface area contributed by atoms with Crippen LogP contribution < -0.4 is 10.6 Å². The number of likely N-dealkylation sites (N-methyl/N-ethyl adjacent to an activating group) is 1. The Bertz CT molecular complexity index is 1640. The Kier molecular flexibility index (Phi) is 9.44. The number of alkyl halides is 3. The van der Waals surface area contributed by atoms with E-state index in [0.29, 0.717) is 63.6 Å². The molecule has 2 N–H and O–H groups in total. The van der Waals surface area contributed by atoms with Crippen molar-refractivity contribution < 1.29 is 32.3 Å². The zero-order valence-corrected chi connectivity index (χ0v) is 29.2. The lowest BCUT2D eigenvalue weighted by atomic mass is 9.68. The molecule has 3 atom stereocenters. The van der Waals surface area contributed by atoms with Crippen LogP contribution in [0.5, 0.6) is 0 Å². The van der Waals surface area contributed by atoms with E-state index in [1.807, 2.05) is 24.3 Å². The summed E-state index contributed by atoms with van der Waals surface area (Å²) in [5.74, 6) is -0.492. The zero-order chi connectivity index (χ0) is 35.4. The van der Waals surface area contributed by atoms with E-state index in [1.165, 1.54) is 24.4 Å². The number of nitrogens with one attached hydrogen (secondary N) is 2. The van der Waals surface area contributed by atoms with E-state index in [1.54, 1.807) is 4.90 Å². The monoisotopic (exact) mass is 716 g/mol. The molecule has 3 amide bonds. The first-order valence-corrected chi connectivity index (χ1v) is 17.9. The molecule has 2 aromatic rings. The predicted octanol–water partition coefficient (Wildman–Crippen LogP) is 5.20. The van der Waals surface area contributed by atoms with Gasteiger partial charge in [0.25, 0.3) is 5.91 Å². The topological polar surface area (TPSA) is 97.5 Å². The second-order valence-corrected chi connectivity index (χ2v) is 15.0. The van der Waals surface area contributed by atoms with Crippen LogP contribution in [0.15, 0.2) is 36.4 Å². The quantitative estimate of drug-likeness (QED) is 0.424. The minimum Gasteiger partial charge on any atom is -0.436 e. The van der Waals surface area contributed by atoms with Gasteiger partial charge in [-0.15, -0.1) is 0 Å². The number of hydrogen-bond donors (Lipinski definition) is 2. The van der Waals surface area contributed by atoms with Gasteiger partial charge in [0.15, 0.2) is 6.10 Å². The van der Waals surface area contributed by atoms with E-state index in [4.69, 9.17) is 16.3 Å². The van der Waals surface area contributed by atoms with E-state index < -0.39 is 35.3 Å². The summed E-state index contributed by atoms with van der Waals surface area (Å²) in [7, 11) is 3.53. The van der Waals surface area contributed by atoms with Crippen LogP contribution in [0.3, 0.4) is 0 Å². The number of piperidine rings is 2. The van der Waals surface area contributed by atoms with Gasteiger partial charge in [0.05, 0.1) is 16.3 Å². The SMILES string of the molecule is CNc1c(Cl)cc(C[C@@H](OC(=O)N2CCC3(CC2)CC(=O)Nc2ccccc23)C(=O)N2CCC(N3CC4CC3CN4C)CC2)cc1C(F)(F)F. The lowest BCUT2D eigenvalue weighted by Crippen LogP contribution is -2.55. The number of para-hydroxylation sites is 1. The first-order chi connectivity index (χ1) is 23.8. The minimum absolute atomic E-state index is 0.0695. The number of ether oxygens (including phenoxy) is 1. The number of carbonyl (C=O) groups is 3. The third-order valence-electron chi connectivity index (χ3n) is 11.7. The Balaban J connectivity index is 1.07. The average molecular weight is 717 g/mol. The Morgan fingerprint density at radius 2 is 1.76 bits per heavy atom. The van der Waals surface area contributed by atoms with Crippen LogP contribution in [-0.2, 0) is 32.3 Å². The fourth-order valence-electron chi connectivity index (χ4n) is 9.03. The van der Waals surface area contributed by atoms with Gasteiger partial charge < -0.3 is 30.1 Å². The van der Waals surface area contributed by atoms with E-state index >= 15 is 0 Å². The van der Waals surface area contributed by atoms with E-state index in [2.05, 4.69) is 27.5 Å². The van der Waals surface area contributed by atoms with Crippen molar-refractivity contribution >= 4 is 40.9 Å². The molecule has 5 heterocycles. The van der Waals surface area contributed by atoms with Gasteiger partial charge >= 0.3 is 12.3 Å². The first kappa shape index (κ1) is 34.9. The van der Waals surface area contributed by atoms with Crippen molar-refractivity contribution in [2.75, 3.05) is 64.0 Å². The van der Waals surface area contributed by atoms with Gasteiger partial charge in [-0.25, -0.2) is 4.79 Å². The van der Waals surface area contributed by atoms with Gasteiger partial charge in [-0.1, -0.05) is 29.8 Å². The number of amides is 3. The van der Waals surface area contributed by atoms with Crippen LogP contribution in [0.1, 0.15) is 55.2 Å². The molecular formula is C36H44ClF3N6O4. The number of likely N-dealkylation sites (tertiary alicyclic amines) is 4. The highest BCUT2D eigenvalue weighted by Crippen LogP contribution is 2.45. The van der Waals surface area contributed by atoms with Crippen LogP contribution in [0, 0.1) is 0 Å². The molecule has 4 saturated heterocycles. The van der Waals surface area contributed by atoms with Crippen molar-refractivity contribution in [1.82, 2.24) is 19.6 Å².